The first-order valence-electron chi connectivity index (χ1n) is 2.09. The van der Waals surface area contributed by atoms with Crippen LogP contribution in [0.3, 0.4) is 0 Å². The molecule has 2 nitrogen and oxygen atoms in total. The van der Waals surface area contributed by atoms with Crippen molar-refractivity contribution in [3.63, 3.8) is 0 Å². The molecular formula is C5H7IN2. The summed E-state index contributed by atoms with van der Waals surface area (Å²) in [4.78, 5) is 0. The largest absolute Gasteiger partial charge is 0.308 e. The summed E-state index contributed by atoms with van der Waals surface area (Å²) < 4.78 is 0.787. The summed E-state index contributed by atoms with van der Waals surface area (Å²) in [5.41, 5.74) is 0.484. The fourth-order valence-electron chi connectivity index (χ4n) is 0.248. The van der Waals surface area contributed by atoms with E-state index < -0.39 is 0 Å². The first-order chi connectivity index (χ1) is 3.66. The van der Waals surface area contributed by atoms with E-state index in [1.165, 1.54) is 6.21 Å². The van der Waals surface area contributed by atoms with Crippen molar-refractivity contribution in [1.29, 1.82) is 10.8 Å². The Labute approximate surface area is 62.1 Å². The maximum absolute atomic E-state index is 6.94. The van der Waals surface area contributed by atoms with Crippen LogP contribution < -0.4 is 0 Å². The quantitative estimate of drug-likeness (QED) is 0.530. The summed E-state index contributed by atoms with van der Waals surface area (Å²) in [6.45, 7) is 1.68. The van der Waals surface area contributed by atoms with Crippen molar-refractivity contribution in [2.45, 2.75) is 6.92 Å². The van der Waals surface area contributed by atoms with Gasteiger partial charge in [-0.2, -0.15) is 0 Å². The Balaban J connectivity index is 3.94. The number of hydrogen-bond donors (Lipinski definition) is 2. The highest BCUT2D eigenvalue weighted by Crippen LogP contribution is 1.99. The molecule has 0 aliphatic rings. The van der Waals surface area contributed by atoms with Crippen LogP contribution in [0.2, 0.25) is 0 Å². The second-order valence-electron chi connectivity index (χ2n) is 1.36. The van der Waals surface area contributed by atoms with Crippen molar-refractivity contribution in [2.75, 3.05) is 0 Å². The smallest absolute Gasteiger partial charge is 0.0323 e. The number of hydrogen-bond acceptors (Lipinski definition) is 2. The first kappa shape index (κ1) is 7.81. The molecule has 0 bridgehead atoms. The second kappa shape index (κ2) is 3.77. The van der Waals surface area contributed by atoms with Gasteiger partial charge in [0.1, 0.15) is 0 Å². The van der Waals surface area contributed by atoms with E-state index in [0.29, 0.717) is 5.71 Å². The van der Waals surface area contributed by atoms with E-state index in [1.807, 2.05) is 22.6 Å². The number of halogens is 1. The van der Waals surface area contributed by atoms with E-state index in [4.69, 9.17) is 10.8 Å². The molecule has 0 amide bonds. The van der Waals surface area contributed by atoms with Gasteiger partial charge in [0, 0.05) is 15.5 Å². The van der Waals surface area contributed by atoms with Crippen LogP contribution in [0.15, 0.2) is 9.66 Å². The van der Waals surface area contributed by atoms with Crippen LogP contribution in [0.25, 0.3) is 0 Å². The van der Waals surface area contributed by atoms with Crippen molar-refractivity contribution in [3.05, 3.63) is 9.66 Å². The molecule has 0 heterocycles. The highest BCUT2D eigenvalue weighted by molar-refractivity contribution is 14.1. The third kappa shape index (κ3) is 3.98. The molecule has 0 spiro atoms. The molecule has 0 saturated heterocycles. The van der Waals surface area contributed by atoms with Gasteiger partial charge in [-0.3, -0.25) is 0 Å². The summed E-state index contributed by atoms with van der Waals surface area (Å²) in [5, 5.41) is 13.6. The fraction of sp³-hybridized carbons (Fsp3) is 0.200. The molecule has 8 heavy (non-hydrogen) atoms. The van der Waals surface area contributed by atoms with Gasteiger partial charge in [0.2, 0.25) is 0 Å². The van der Waals surface area contributed by atoms with E-state index in [9.17, 15) is 0 Å². The van der Waals surface area contributed by atoms with Crippen LogP contribution in [0.4, 0.5) is 0 Å². The van der Waals surface area contributed by atoms with Gasteiger partial charge >= 0.3 is 0 Å². The highest BCUT2D eigenvalue weighted by atomic mass is 127. The van der Waals surface area contributed by atoms with Crippen LogP contribution in [0.1, 0.15) is 6.92 Å². The van der Waals surface area contributed by atoms with E-state index in [2.05, 4.69) is 0 Å². The Morgan fingerprint density at radius 3 is 2.25 bits per heavy atom. The Hall–Kier alpha value is -0.190. The Morgan fingerprint density at radius 1 is 1.62 bits per heavy atom. The molecule has 0 aromatic heterocycles. The maximum Gasteiger partial charge on any atom is 0.0323 e. The maximum atomic E-state index is 6.94. The number of rotatable bonds is 2. The Morgan fingerprint density at radius 2 is 2.12 bits per heavy atom. The Bertz CT molecular complexity index is 137. The van der Waals surface area contributed by atoms with Crippen molar-refractivity contribution in [1.82, 2.24) is 0 Å². The standard InChI is InChI=1S/C5H7IN2/c1-4(8)2-5(6)3-7/h2-3,7-8H,1H3/b5-2+,7-3?,8-4?. The van der Waals surface area contributed by atoms with Crippen LogP contribution >= 0.6 is 22.6 Å². The lowest BCUT2D eigenvalue weighted by Gasteiger charge is -1.83. The molecular weight excluding hydrogens is 215 g/mol. The molecule has 0 atom stereocenters. The summed E-state index contributed by atoms with van der Waals surface area (Å²) >= 11 is 2.00. The third-order valence-electron chi connectivity index (χ3n) is 0.492. The van der Waals surface area contributed by atoms with Crippen LogP contribution in [-0.2, 0) is 0 Å². The van der Waals surface area contributed by atoms with Gasteiger partial charge in [0.05, 0.1) is 0 Å². The molecule has 0 unspecified atom stereocenters. The molecule has 0 aromatic rings. The molecule has 0 aliphatic heterocycles. The van der Waals surface area contributed by atoms with Crippen molar-refractivity contribution in [3.8, 4) is 0 Å². The fourth-order valence-corrected chi connectivity index (χ4v) is 0.716. The van der Waals surface area contributed by atoms with Crippen molar-refractivity contribution in [2.24, 2.45) is 0 Å². The first-order valence-corrected chi connectivity index (χ1v) is 3.17. The molecule has 0 saturated carbocycles. The average molecular weight is 222 g/mol. The van der Waals surface area contributed by atoms with Gasteiger partial charge in [-0.15, -0.1) is 0 Å². The lowest BCUT2D eigenvalue weighted by atomic mass is 10.4. The highest BCUT2D eigenvalue weighted by Gasteiger charge is 1.82. The monoisotopic (exact) mass is 222 g/mol. The minimum absolute atomic E-state index is 0.484. The molecule has 0 fully saturated rings. The van der Waals surface area contributed by atoms with Crippen LogP contribution in [0, 0.1) is 10.8 Å². The molecule has 0 rings (SSSR count). The van der Waals surface area contributed by atoms with Gasteiger partial charge in [0.25, 0.3) is 0 Å². The molecule has 0 aromatic carbocycles. The van der Waals surface area contributed by atoms with Crippen molar-refractivity contribution < 1.29 is 0 Å². The number of nitrogens with one attached hydrogen (secondary N) is 2. The Kier molecular flexibility index (Phi) is 3.68. The van der Waals surface area contributed by atoms with Gasteiger partial charge in [-0.05, 0) is 35.6 Å². The summed E-state index contributed by atoms with van der Waals surface area (Å²) in [6, 6.07) is 0. The normalized spacial score (nSPS) is 11.0. The van der Waals surface area contributed by atoms with Gasteiger partial charge in [-0.25, -0.2) is 0 Å². The van der Waals surface area contributed by atoms with Gasteiger partial charge in [-0.1, -0.05) is 0 Å². The van der Waals surface area contributed by atoms with Gasteiger partial charge in [0.15, 0.2) is 0 Å². The molecule has 3 heteroatoms. The molecule has 2 N–H and O–H groups in total. The van der Waals surface area contributed by atoms with E-state index in [-0.39, 0.29) is 0 Å². The number of allylic oxidation sites excluding steroid dienone is 2. The molecule has 0 aliphatic carbocycles. The van der Waals surface area contributed by atoms with Crippen molar-refractivity contribution >= 4 is 34.5 Å². The lowest BCUT2D eigenvalue weighted by Crippen LogP contribution is -1.80. The van der Waals surface area contributed by atoms with E-state index in [1.54, 1.807) is 13.0 Å². The third-order valence-corrected chi connectivity index (χ3v) is 1.12. The zero-order chi connectivity index (χ0) is 6.57. The van der Waals surface area contributed by atoms with Crippen LogP contribution in [0.5, 0.6) is 0 Å². The predicted octanol–water partition coefficient (Wildman–Crippen LogP) is 1.99. The average Bonchev–Trinajstić information content (AvgIpc) is 1.65. The summed E-state index contributed by atoms with van der Waals surface area (Å²) in [7, 11) is 0. The zero-order valence-electron chi connectivity index (χ0n) is 4.53. The summed E-state index contributed by atoms with van der Waals surface area (Å²) in [5.74, 6) is 0. The van der Waals surface area contributed by atoms with Crippen LogP contribution in [-0.4, -0.2) is 11.9 Å². The predicted molar refractivity (Wildman–Crippen MR) is 44.3 cm³/mol. The zero-order valence-corrected chi connectivity index (χ0v) is 6.69. The SMILES string of the molecule is CC(=N)/C=C(/I)C=N. The minimum Gasteiger partial charge on any atom is -0.308 e. The molecule has 44 valence electrons. The molecule has 0 radical (unpaired) electrons. The second-order valence-corrected chi connectivity index (χ2v) is 2.60. The minimum atomic E-state index is 0.484. The van der Waals surface area contributed by atoms with E-state index in [0.717, 1.165) is 3.58 Å². The van der Waals surface area contributed by atoms with Gasteiger partial charge < -0.3 is 10.8 Å². The topological polar surface area (TPSA) is 47.7 Å². The summed E-state index contributed by atoms with van der Waals surface area (Å²) in [6.07, 6.45) is 2.85. The van der Waals surface area contributed by atoms with E-state index >= 15 is 0 Å². The lowest BCUT2D eigenvalue weighted by molar-refractivity contribution is 1.50.